The van der Waals surface area contributed by atoms with E-state index >= 15 is 0 Å². The largest absolute Gasteiger partial charge is 0.376 e. The molecule has 6 nitrogen and oxygen atoms in total. The highest BCUT2D eigenvalue weighted by atomic mass is 32.2. The zero-order valence-electron chi connectivity index (χ0n) is 17.1. The topological polar surface area (TPSA) is 61.9 Å². The maximum atomic E-state index is 13.0. The summed E-state index contributed by atoms with van der Waals surface area (Å²) in [5.41, 5.74) is 2.94. The summed E-state index contributed by atoms with van der Waals surface area (Å²) in [6.45, 7) is 8.61. The van der Waals surface area contributed by atoms with Crippen molar-refractivity contribution >= 4 is 28.9 Å². The SMILES string of the molecule is CCn1c(SCC(=O)c2cc(C)n(C[C@@H]3CCCO3)c2C)nnc1-c1cccs1. The Hall–Kier alpha value is -1.90. The predicted molar refractivity (Wildman–Crippen MR) is 117 cm³/mol. The van der Waals surface area contributed by atoms with Crippen LogP contribution < -0.4 is 0 Å². The Bertz CT molecular complexity index is 985. The van der Waals surface area contributed by atoms with Crippen LogP contribution in [0.25, 0.3) is 10.7 Å². The highest BCUT2D eigenvalue weighted by Gasteiger charge is 2.22. The summed E-state index contributed by atoms with van der Waals surface area (Å²) < 4.78 is 10.1. The van der Waals surface area contributed by atoms with Crippen molar-refractivity contribution < 1.29 is 9.53 Å². The van der Waals surface area contributed by atoms with Crippen LogP contribution in [-0.4, -0.2) is 43.6 Å². The maximum absolute atomic E-state index is 13.0. The third-order valence-electron chi connectivity index (χ3n) is 5.39. The Morgan fingerprint density at radius 2 is 2.21 bits per heavy atom. The Balaban J connectivity index is 1.46. The summed E-state index contributed by atoms with van der Waals surface area (Å²) in [6, 6.07) is 6.07. The number of aryl methyl sites for hydroxylation is 1. The minimum atomic E-state index is 0.130. The molecule has 0 bridgehead atoms. The molecule has 1 atom stereocenters. The van der Waals surface area contributed by atoms with Crippen LogP contribution in [0.15, 0.2) is 28.7 Å². The Morgan fingerprint density at radius 3 is 2.90 bits per heavy atom. The van der Waals surface area contributed by atoms with E-state index in [9.17, 15) is 4.79 Å². The number of hydrogen-bond donors (Lipinski definition) is 0. The molecule has 0 aliphatic carbocycles. The number of ether oxygens (including phenoxy) is 1. The normalized spacial score (nSPS) is 16.6. The Labute approximate surface area is 179 Å². The van der Waals surface area contributed by atoms with Crippen molar-refractivity contribution in [1.82, 2.24) is 19.3 Å². The van der Waals surface area contributed by atoms with Crippen molar-refractivity contribution in [2.45, 2.75) is 58.0 Å². The van der Waals surface area contributed by atoms with Gasteiger partial charge in [0.25, 0.3) is 0 Å². The molecule has 0 saturated carbocycles. The number of thiophene rings is 1. The Kier molecular flexibility index (Phi) is 6.22. The molecule has 3 aromatic heterocycles. The van der Waals surface area contributed by atoms with Crippen molar-refractivity contribution in [3.05, 3.63) is 40.5 Å². The molecule has 8 heteroatoms. The van der Waals surface area contributed by atoms with E-state index in [-0.39, 0.29) is 11.9 Å². The predicted octanol–water partition coefficient (Wildman–Crippen LogP) is 4.60. The van der Waals surface area contributed by atoms with Crippen LogP contribution >= 0.6 is 23.1 Å². The van der Waals surface area contributed by atoms with E-state index in [0.29, 0.717) is 5.75 Å². The summed E-state index contributed by atoms with van der Waals surface area (Å²) >= 11 is 3.11. The van der Waals surface area contributed by atoms with E-state index in [1.165, 1.54) is 11.8 Å². The van der Waals surface area contributed by atoms with Crippen LogP contribution in [-0.2, 0) is 17.8 Å². The second kappa shape index (κ2) is 8.85. The van der Waals surface area contributed by atoms with Gasteiger partial charge in [0, 0.05) is 36.6 Å². The first-order valence-corrected chi connectivity index (χ1v) is 11.9. The average Bonchev–Trinajstić information content (AvgIpc) is 3.50. The summed E-state index contributed by atoms with van der Waals surface area (Å²) in [4.78, 5) is 14.0. The summed E-state index contributed by atoms with van der Waals surface area (Å²) in [5, 5.41) is 11.5. The quantitative estimate of drug-likeness (QED) is 0.386. The first kappa shape index (κ1) is 20.4. The van der Waals surface area contributed by atoms with Gasteiger partial charge in [0.2, 0.25) is 0 Å². The van der Waals surface area contributed by atoms with Crippen LogP contribution in [0.2, 0.25) is 0 Å². The lowest BCUT2D eigenvalue weighted by molar-refractivity contribution is 0.0957. The second-order valence-electron chi connectivity index (χ2n) is 7.27. The molecule has 1 aliphatic rings. The Morgan fingerprint density at radius 1 is 1.34 bits per heavy atom. The number of hydrogen-bond acceptors (Lipinski definition) is 6. The number of rotatable bonds is 8. The van der Waals surface area contributed by atoms with E-state index in [0.717, 1.165) is 65.3 Å². The van der Waals surface area contributed by atoms with Crippen molar-refractivity contribution in [3.63, 3.8) is 0 Å². The van der Waals surface area contributed by atoms with Gasteiger partial charge in [-0.3, -0.25) is 4.79 Å². The van der Waals surface area contributed by atoms with Crippen molar-refractivity contribution in [1.29, 1.82) is 0 Å². The minimum absolute atomic E-state index is 0.130. The number of aromatic nitrogens is 4. The molecule has 0 aromatic carbocycles. The van der Waals surface area contributed by atoms with Crippen LogP contribution in [0, 0.1) is 13.8 Å². The van der Waals surface area contributed by atoms with Gasteiger partial charge in [-0.25, -0.2) is 0 Å². The first-order valence-electron chi connectivity index (χ1n) is 10.00. The molecule has 1 fully saturated rings. The fraction of sp³-hybridized carbons (Fsp3) is 0.476. The molecule has 0 spiro atoms. The lowest BCUT2D eigenvalue weighted by Gasteiger charge is -2.14. The van der Waals surface area contributed by atoms with Gasteiger partial charge in [-0.05, 0) is 51.1 Å². The minimum Gasteiger partial charge on any atom is -0.376 e. The van der Waals surface area contributed by atoms with Crippen LogP contribution in [0.1, 0.15) is 41.5 Å². The highest BCUT2D eigenvalue weighted by Crippen LogP contribution is 2.28. The zero-order valence-corrected chi connectivity index (χ0v) is 18.7. The van der Waals surface area contributed by atoms with Gasteiger partial charge in [0.05, 0.1) is 16.7 Å². The van der Waals surface area contributed by atoms with Gasteiger partial charge in [0.15, 0.2) is 16.8 Å². The lowest BCUT2D eigenvalue weighted by Crippen LogP contribution is -2.17. The van der Waals surface area contributed by atoms with Gasteiger partial charge < -0.3 is 13.9 Å². The van der Waals surface area contributed by atoms with Crippen LogP contribution in [0.4, 0.5) is 0 Å². The molecule has 29 heavy (non-hydrogen) atoms. The molecule has 0 amide bonds. The molecule has 3 aromatic rings. The van der Waals surface area contributed by atoms with Gasteiger partial charge in [-0.15, -0.1) is 21.5 Å². The third-order valence-corrected chi connectivity index (χ3v) is 7.22. The van der Waals surface area contributed by atoms with Crippen molar-refractivity contribution in [2.75, 3.05) is 12.4 Å². The van der Waals surface area contributed by atoms with E-state index in [1.807, 2.05) is 30.5 Å². The monoisotopic (exact) mass is 430 g/mol. The van der Waals surface area contributed by atoms with Crippen molar-refractivity contribution in [3.8, 4) is 10.7 Å². The molecule has 154 valence electrons. The molecule has 1 aliphatic heterocycles. The standard InChI is InChI=1S/C21H26N4O2S2/c1-4-24-20(19-8-6-10-28-19)22-23-21(24)29-13-18(26)17-11-14(2)25(15(17)3)12-16-7-5-9-27-16/h6,8,10-11,16H,4-5,7,9,12-13H2,1-3H3/t16-/m0/s1. The van der Waals surface area contributed by atoms with E-state index in [4.69, 9.17) is 4.74 Å². The van der Waals surface area contributed by atoms with Gasteiger partial charge in [-0.2, -0.15) is 0 Å². The zero-order chi connectivity index (χ0) is 20.4. The third kappa shape index (κ3) is 4.20. The van der Waals surface area contributed by atoms with Gasteiger partial charge >= 0.3 is 0 Å². The highest BCUT2D eigenvalue weighted by molar-refractivity contribution is 7.99. The molecule has 1 saturated heterocycles. The lowest BCUT2D eigenvalue weighted by atomic mass is 10.2. The van der Waals surface area contributed by atoms with E-state index in [1.54, 1.807) is 11.3 Å². The maximum Gasteiger partial charge on any atom is 0.191 e. The number of carbonyl (C=O) groups excluding carboxylic acids is 1. The number of ketones is 1. The summed E-state index contributed by atoms with van der Waals surface area (Å²) in [5.74, 6) is 1.35. The van der Waals surface area contributed by atoms with E-state index in [2.05, 4.69) is 33.2 Å². The summed E-state index contributed by atoms with van der Waals surface area (Å²) in [6.07, 6.45) is 2.48. The van der Waals surface area contributed by atoms with Gasteiger partial charge in [0.1, 0.15) is 0 Å². The van der Waals surface area contributed by atoms with Crippen molar-refractivity contribution in [2.24, 2.45) is 0 Å². The van der Waals surface area contributed by atoms with Gasteiger partial charge in [-0.1, -0.05) is 17.8 Å². The number of carbonyl (C=O) groups is 1. The summed E-state index contributed by atoms with van der Waals surface area (Å²) in [7, 11) is 0. The average molecular weight is 431 g/mol. The second-order valence-corrected chi connectivity index (χ2v) is 9.16. The first-order chi connectivity index (χ1) is 14.1. The van der Waals surface area contributed by atoms with Crippen LogP contribution in [0.5, 0.6) is 0 Å². The molecule has 4 heterocycles. The smallest absolute Gasteiger partial charge is 0.191 e. The number of nitrogens with zero attached hydrogens (tertiary/aromatic N) is 4. The molecule has 0 unspecified atom stereocenters. The molecule has 0 radical (unpaired) electrons. The van der Waals surface area contributed by atoms with E-state index < -0.39 is 0 Å². The number of Topliss-reactive ketones (excluding diaryl/α,β-unsaturated/α-hetero) is 1. The molecular weight excluding hydrogens is 404 g/mol. The van der Waals surface area contributed by atoms with Crippen LogP contribution in [0.3, 0.4) is 0 Å². The molecular formula is C21H26N4O2S2. The fourth-order valence-corrected chi connectivity index (χ4v) is 5.44. The fourth-order valence-electron chi connectivity index (χ4n) is 3.83. The molecule has 0 N–H and O–H groups in total. The number of thioether (sulfide) groups is 1. The molecule has 4 rings (SSSR count).